The standard InChI is InChI=1S/C11H15BF3O2/c13-12(14,15)11(16)7-4-8-17-9-10-5-2-1-3-6-10/h1-3,5-6,11,16H,4,7-9H2/q-1. The van der Waals surface area contributed by atoms with Crippen LogP contribution in [0.1, 0.15) is 18.4 Å². The zero-order valence-electron chi connectivity index (χ0n) is 9.36. The third-order valence-corrected chi connectivity index (χ3v) is 2.34. The molecule has 1 aromatic carbocycles. The molecule has 0 aliphatic carbocycles. The lowest BCUT2D eigenvalue weighted by Crippen LogP contribution is -2.34. The van der Waals surface area contributed by atoms with Crippen LogP contribution >= 0.6 is 0 Å². The summed E-state index contributed by atoms with van der Waals surface area (Å²) in [6.45, 7) is -4.54. The van der Waals surface area contributed by atoms with Crippen LogP contribution in [0.15, 0.2) is 30.3 Å². The summed E-state index contributed by atoms with van der Waals surface area (Å²) >= 11 is 0. The van der Waals surface area contributed by atoms with Crippen LogP contribution in [0, 0.1) is 0 Å². The van der Waals surface area contributed by atoms with Crippen molar-refractivity contribution in [3.8, 4) is 0 Å². The van der Waals surface area contributed by atoms with Gasteiger partial charge in [0.1, 0.15) is 0 Å². The predicted molar refractivity (Wildman–Crippen MR) is 60.4 cm³/mol. The molecular weight excluding hydrogens is 232 g/mol. The minimum absolute atomic E-state index is 0.204. The van der Waals surface area contributed by atoms with Gasteiger partial charge in [0, 0.05) is 12.6 Å². The maximum atomic E-state index is 12.0. The van der Waals surface area contributed by atoms with E-state index in [-0.39, 0.29) is 19.4 Å². The van der Waals surface area contributed by atoms with Gasteiger partial charge in [-0.25, -0.2) is 0 Å². The van der Waals surface area contributed by atoms with Gasteiger partial charge in [0.15, 0.2) is 0 Å². The van der Waals surface area contributed by atoms with Gasteiger partial charge in [-0.2, -0.15) is 0 Å². The fourth-order valence-corrected chi connectivity index (χ4v) is 1.35. The van der Waals surface area contributed by atoms with E-state index in [1.165, 1.54) is 0 Å². The van der Waals surface area contributed by atoms with Gasteiger partial charge < -0.3 is 22.8 Å². The van der Waals surface area contributed by atoms with Gasteiger partial charge in [-0.15, -0.1) is 0 Å². The molecule has 0 saturated heterocycles. The van der Waals surface area contributed by atoms with Crippen LogP contribution in [0.3, 0.4) is 0 Å². The molecule has 1 atom stereocenters. The van der Waals surface area contributed by atoms with Crippen molar-refractivity contribution in [1.29, 1.82) is 0 Å². The predicted octanol–water partition coefficient (Wildman–Crippen LogP) is 2.73. The zero-order chi connectivity index (χ0) is 12.7. The first kappa shape index (κ1) is 14.1. The largest absolute Gasteiger partial charge is 0.506 e. The van der Waals surface area contributed by atoms with Crippen molar-refractivity contribution < 1.29 is 22.8 Å². The summed E-state index contributed by atoms with van der Waals surface area (Å²) in [5.74, 6) is 0. The van der Waals surface area contributed by atoms with E-state index in [2.05, 4.69) is 0 Å². The van der Waals surface area contributed by atoms with E-state index in [0.29, 0.717) is 6.61 Å². The molecule has 17 heavy (non-hydrogen) atoms. The van der Waals surface area contributed by atoms with Gasteiger partial charge >= 0.3 is 6.98 Å². The third kappa shape index (κ3) is 5.74. The van der Waals surface area contributed by atoms with E-state index >= 15 is 0 Å². The Morgan fingerprint density at radius 1 is 1.18 bits per heavy atom. The Morgan fingerprint density at radius 3 is 2.41 bits per heavy atom. The van der Waals surface area contributed by atoms with Crippen molar-refractivity contribution in [3.63, 3.8) is 0 Å². The Kier molecular flexibility index (Phi) is 5.51. The van der Waals surface area contributed by atoms with Crippen LogP contribution in [0.4, 0.5) is 12.9 Å². The molecule has 0 saturated carbocycles. The molecule has 1 N–H and O–H groups in total. The van der Waals surface area contributed by atoms with E-state index < -0.39 is 13.0 Å². The lowest BCUT2D eigenvalue weighted by atomic mass is 9.79. The number of aliphatic hydroxyl groups excluding tert-OH is 1. The summed E-state index contributed by atoms with van der Waals surface area (Å²) in [4.78, 5) is 0. The Hall–Kier alpha value is -1.01. The highest BCUT2D eigenvalue weighted by Gasteiger charge is 2.32. The molecule has 0 bridgehead atoms. The molecule has 2 nitrogen and oxygen atoms in total. The summed E-state index contributed by atoms with van der Waals surface area (Å²) in [7, 11) is 0. The molecule has 0 aliphatic heterocycles. The molecule has 96 valence electrons. The van der Waals surface area contributed by atoms with E-state index in [4.69, 9.17) is 9.84 Å². The van der Waals surface area contributed by atoms with Crippen LogP contribution in [0.5, 0.6) is 0 Å². The third-order valence-electron chi connectivity index (χ3n) is 2.34. The van der Waals surface area contributed by atoms with Gasteiger partial charge in [-0.05, 0) is 18.4 Å². The molecule has 1 aromatic rings. The molecule has 1 rings (SSSR count). The number of hydrogen-bond donors (Lipinski definition) is 1. The quantitative estimate of drug-likeness (QED) is 0.593. The first-order chi connectivity index (χ1) is 8.00. The van der Waals surface area contributed by atoms with Crippen LogP contribution in [0.2, 0.25) is 0 Å². The second-order valence-corrected chi connectivity index (χ2v) is 3.87. The first-order valence-electron chi connectivity index (χ1n) is 5.50. The van der Waals surface area contributed by atoms with Crippen LogP contribution in [-0.2, 0) is 11.3 Å². The normalized spacial score (nSPS) is 13.6. The summed E-state index contributed by atoms with van der Waals surface area (Å²) in [6, 6.07) is 7.20. The molecule has 0 aliphatic rings. The lowest BCUT2D eigenvalue weighted by Gasteiger charge is -2.20. The number of aliphatic hydroxyl groups is 1. The van der Waals surface area contributed by atoms with Gasteiger partial charge in [0.2, 0.25) is 0 Å². The highest BCUT2D eigenvalue weighted by atomic mass is 19.4. The van der Waals surface area contributed by atoms with Gasteiger partial charge in [0.05, 0.1) is 6.61 Å². The molecule has 1 unspecified atom stereocenters. The fourth-order valence-electron chi connectivity index (χ4n) is 1.35. The monoisotopic (exact) mass is 247 g/mol. The average molecular weight is 247 g/mol. The van der Waals surface area contributed by atoms with Crippen molar-refractivity contribution in [3.05, 3.63) is 35.9 Å². The van der Waals surface area contributed by atoms with Gasteiger partial charge in [-0.3, -0.25) is 0 Å². The zero-order valence-corrected chi connectivity index (χ0v) is 9.36. The molecule has 0 radical (unpaired) electrons. The number of rotatable bonds is 7. The molecule has 6 heteroatoms. The molecule has 0 amide bonds. The topological polar surface area (TPSA) is 29.5 Å². The molecule has 0 aromatic heterocycles. The number of halogens is 3. The van der Waals surface area contributed by atoms with Gasteiger partial charge in [-0.1, -0.05) is 30.3 Å². The first-order valence-corrected chi connectivity index (χ1v) is 5.50. The maximum absolute atomic E-state index is 12.0. The summed E-state index contributed by atoms with van der Waals surface area (Å²) < 4.78 is 41.2. The van der Waals surface area contributed by atoms with E-state index in [9.17, 15) is 12.9 Å². The smallest absolute Gasteiger partial charge is 0.447 e. The van der Waals surface area contributed by atoms with Crippen molar-refractivity contribution in [2.45, 2.75) is 25.5 Å². The van der Waals surface area contributed by atoms with Crippen LogP contribution in [-0.4, -0.2) is 24.7 Å². The molecular formula is C11H15BF3O2-. The van der Waals surface area contributed by atoms with E-state index in [0.717, 1.165) is 5.56 Å². The Labute approximate surface area is 98.5 Å². The minimum Gasteiger partial charge on any atom is -0.447 e. The van der Waals surface area contributed by atoms with Crippen molar-refractivity contribution in [2.75, 3.05) is 6.61 Å². The second kappa shape index (κ2) is 6.66. The summed E-state index contributed by atoms with van der Waals surface area (Å²) in [5.41, 5.74) is 0.980. The number of ether oxygens (including phenoxy) is 1. The highest BCUT2D eigenvalue weighted by molar-refractivity contribution is 6.59. The van der Waals surface area contributed by atoms with Crippen molar-refractivity contribution in [2.24, 2.45) is 0 Å². The van der Waals surface area contributed by atoms with Crippen LogP contribution < -0.4 is 0 Å². The summed E-state index contributed by atoms with van der Waals surface area (Å²) in [6.07, 6.45) is -0.0897. The maximum Gasteiger partial charge on any atom is 0.506 e. The number of hydrogen-bond acceptors (Lipinski definition) is 2. The minimum atomic E-state index is -5.14. The molecule has 0 heterocycles. The van der Waals surface area contributed by atoms with Crippen LogP contribution in [0.25, 0.3) is 0 Å². The van der Waals surface area contributed by atoms with E-state index in [1.54, 1.807) is 0 Å². The lowest BCUT2D eigenvalue weighted by molar-refractivity contribution is 0.103. The highest BCUT2D eigenvalue weighted by Crippen LogP contribution is 2.17. The average Bonchev–Trinajstić information content (AvgIpc) is 2.28. The SMILES string of the molecule is OC(CCCOCc1ccccc1)[B-](F)(F)F. The van der Waals surface area contributed by atoms with Crippen molar-refractivity contribution in [1.82, 2.24) is 0 Å². The second-order valence-electron chi connectivity index (χ2n) is 3.87. The Balaban J connectivity index is 2.09. The fraction of sp³-hybridized carbons (Fsp3) is 0.455. The van der Waals surface area contributed by atoms with Gasteiger partial charge in [0.25, 0.3) is 0 Å². The Bertz CT molecular complexity index is 316. The molecule has 0 spiro atoms. The number of benzene rings is 1. The summed E-state index contributed by atoms with van der Waals surface area (Å²) in [5, 5.41) is 8.75. The van der Waals surface area contributed by atoms with Crippen molar-refractivity contribution >= 4 is 6.98 Å². The molecule has 0 fully saturated rings. The van der Waals surface area contributed by atoms with E-state index in [1.807, 2.05) is 30.3 Å². The Morgan fingerprint density at radius 2 is 1.82 bits per heavy atom.